The van der Waals surface area contributed by atoms with Gasteiger partial charge in [-0.05, 0) is 5.16 Å². The lowest BCUT2D eigenvalue weighted by Crippen LogP contribution is -2.24. The molecule has 0 radical (unpaired) electrons. The smallest absolute Gasteiger partial charge is 0.0908 e. The molecule has 62 valence electrons. The third kappa shape index (κ3) is 5.02. The van der Waals surface area contributed by atoms with Crippen molar-refractivity contribution in [3.63, 3.8) is 0 Å². The fraction of sp³-hybridized carbons (Fsp3) is 1.00. The van der Waals surface area contributed by atoms with Crippen molar-refractivity contribution in [2.75, 3.05) is 5.88 Å². The standard InChI is InChI=1S/C5H13Cl3Si2/c1-10(2)4(3-6)9-5(7)8/h4-5,10H,3,9H2,1-2H3. The van der Waals surface area contributed by atoms with Crippen molar-refractivity contribution in [1.29, 1.82) is 0 Å². The van der Waals surface area contributed by atoms with E-state index in [2.05, 4.69) is 13.1 Å². The highest BCUT2D eigenvalue weighted by molar-refractivity contribution is 6.79. The lowest BCUT2D eigenvalue weighted by molar-refractivity contribution is 1.28. The Hall–Kier alpha value is 1.30. The van der Waals surface area contributed by atoms with E-state index in [4.69, 9.17) is 34.8 Å². The zero-order valence-corrected chi connectivity index (χ0v) is 11.1. The summed E-state index contributed by atoms with van der Waals surface area (Å²) < 4.78 is -0.0985. The molecule has 0 N–H and O–H groups in total. The first-order chi connectivity index (χ1) is 4.57. The summed E-state index contributed by atoms with van der Waals surface area (Å²) in [4.78, 5) is 0. The molecule has 10 heavy (non-hydrogen) atoms. The van der Waals surface area contributed by atoms with Crippen LogP contribution in [0.4, 0.5) is 0 Å². The predicted octanol–water partition coefficient (Wildman–Crippen LogP) is 1.97. The quantitative estimate of drug-likeness (QED) is 0.516. The van der Waals surface area contributed by atoms with Gasteiger partial charge in [0, 0.05) is 14.7 Å². The molecule has 0 rings (SSSR count). The van der Waals surface area contributed by atoms with Crippen LogP contribution in [0.1, 0.15) is 0 Å². The topological polar surface area (TPSA) is 0 Å². The normalized spacial score (nSPS) is 15.9. The lowest BCUT2D eigenvalue weighted by atomic mass is 10.9. The molecule has 0 aliphatic heterocycles. The second-order valence-electron chi connectivity index (χ2n) is 2.79. The molecular formula is C5H13Cl3Si2. The molecule has 0 aromatic heterocycles. The highest BCUT2D eigenvalue weighted by Crippen LogP contribution is 2.15. The van der Waals surface area contributed by atoms with Crippen LogP contribution in [0.25, 0.3) is 0 Å². The maximum Gasteiger partial charge on any atom is 0.0908 e. The molecule has 0 amide bonds. The van der Waals surface area contributed by atoms with Crippen molar-refractivity contribution >= 4 is 53.1 Å². The van der Waals surface area contributed by atoms with E-state index in [1.54, 1.807) is 0 Å². The van der Waals surface area contributed by atoms with Gasteiger partial charge in [0.2, 0.25) is 0 Å². The molecule has 0 nitrogen and oxygen atoms in total. The summed E-state index contributed by atoms with van der Waals surface area (Å²) in [6.45, 7) is 4.60. The van der Waals surface area contributed by atoms with Crippen LogP contribution in [0.5, 0.6) is 0 Å². The summed E-state index contributed by atoms with van der Waals surface area (Å²) in [6, 6.07) is 0. The van der Waals surface area contributed by atoms with Crippen molar-refractivity contribution in [2.24, 2.45) is 0 Å². The maximum atomic E-state index is 5.76. The minimum absolute atomic E-state index is 0.0985. The Kier molecular flexibility index (Phi) is 6.66. The van der Waals surface area contributed by atoms with Gasteiger partial charge in [-0.15, -0.1) is 34.8 Å². The SMILES string of the molecule is C[SiH](C)C(CCl)[SiH2]C(Cl)Cl. The number of alkyl halides is 3. The van der Waals surface area contributed by atoms with Crippen LogP contribution in [-0.2, 0) is 0 Å². The van der Waals surface area contributed by atoms with Crippen LogP contribution in [0, 0.1) is 0 Å². The summed E-state index contributed by atoms with van der Waals surface area (Å²) in [6.07, 6.45) is 0. The van der Waals surface area contributed by atoms with E-state index in [0.717, 1.165) is 11.0 Å². The number of rotatable bonds is 4. The molecule has 0 spiro atoms. The van der Waals surface area contributed by atoms with Crippen molar-refractivity contribution in [3.8, 4) is 0 Å². The fourth-order valence-electron chi connectivity index (χ4n) is 0.742. The Balaban J connectivity index is 3.60. The van der Waals surface area contributed by atoms with Gasteiger partial charge in [0.1, 0.15) is 0 Å². The van der Waals surface area contributed by atoms with Crippen molar-refractivity contribution in [1.82, 2.24) is 0 Å². The van der Waals surface area contributed by atoms with E-state index in [-0.39, 0.29) is 14.0 Å². The van der Waals surface area contributed by atoms with E-state index in [9.17, 15) is 0 Å². The minimum Gasteiger partial charge on any atom is -0.127 e. The fourth-order valence-corrected chi connectivity index (χ4v) is 8.53. The van der Waals surface area contributed by atoms with Gasteiger partial charge >= 0.3 is 0 Å². The molecule has 0 fully saturated rings. The van der Waals surface area contributed by atoms with Crippen LogP contribution in [0.3, 0.4) is 0 Å². The Bertz CT molecular complexity index is 87.0. The minimum atomic E-state index is -0.581. The molecule has 0 heterocycles. The average molecular weight is 236 g/mol. The van der Waals surface area contributed by atoms with Crippen LogP contribution in [-0.4, -0.2) is 28.7 Å². The van der Waals surface area contributed by atoms with Crippen LogP contribution >= 0.6 is 34.8 Å². The molecule has 0 aliphatic carbocycles. The van der Waals surface area contributed by atoms with Crippen LogP contribution < -0.4 is 0 Å². The van der Waals surface area contributed by atoms with Crippen molar-refractivity contribution < 1.29 is 0 Å². The van der Waals surface area contributed by atoms with E-state index in [1.807, 2.05) is 0 Å². The molecule has 1 atom stereocenters. The Morgan fingerprint density at radius 1 is 1.40 bits per heavy atom. The number of halogens is 3. The van der Waals surface area contributed by atoms with E-state index >= 15 is 0 Å². The summed E-state index contributed by atoms with van der Waals surface area (Å²) >= 11 is 17.1. The number of hydrogen-bond donors (Lipinski definition) is 0. The van der Waals surface area contributed by atoms with E-state index in [0.29, 0.717) is 0 Å². The van der Waals surface area contributed by atoms with Gasteiger partial charge in [-0.2, -0.15) is 0 Å². The second kappa shape index (κ2) is 5.89. The zero-order valence-electron chi connectivity index (χ0n) is 6.28. The monoisotopic (exact) mass is 234 g/mol. The molecule has 0 aromatic carbocycles. The molecular weight excluding hydrogens is 223 g/mol. The second-order valence-corrected chi connectivity index (χ2v) is 12.1. The van der Waals surface area contributed by atoms with Gasteiger partial charge in [-0.25, -0.2) is 0 Å². The van der Waals surface area contributed by atoms with Crippen molar-refractivity contribution in [2.45, 2.75) is 22.7 Å². The summed E-state index contributed by atoms with van der Waals surface area (Å²) in [5.41, 5.74) is 0. The first-order valence-corrected chi connectivity index (χ1v) is 9.43. The van der Waals surface area contributed by atoms with Crippen molar-refractivity contribution in [3.05, 3.63) is 0 Å². The lowest BCUT2D eigenvalue weighted by Gasteiger charge is -2.15. The Morgan fingerprint density at radius 3 is 2.00 bits per heavy atom. The van der Waals surface area contributed by atoms with Gasteiger partial charge in [0.25, 0.3) is 0 Å². The van der Waals surface area contributed by atoms with Crippen LogP contribution in [0.15, 0.2) is 0 Å². The Labute approximate surface area is 81.7 Å². The highest BCUT2D eigenvalue weighted by Gasteiger charge is 2.16. The highest BCUT2D eigenvalue weighted by atomic mass is 35.5. The summed E-state index contributed by atoms with van der Waals surface area (Å²) in [5, 5.41) is 0.724. The third-order valence-corrected chi connectivity index (χ3v) is 10.8. The van der Waals surface area contributed by atoms with Gasteiger partial charge in [-0.1, -0.05) is 13.1 Å². The largest absolute Gasteiger partial charge is 0.127 e. The molecule has 5 heteroatoms. The van der Waals surface area contributed by atoms with E-state index < -0.39 is 8.80 Å². The Morgan fingerprint density at radius 2 is 1.90 bits per heavy atom. The molecule has 0 aliphatic rings. The third-order valence-electron chi connectivity index (χ3n) is 1.62. The molecule has 0 bridgehead atoms. The van der Waals surface area contributed by atoms with E-state index in [1.165, 1.54) is 0 Å². The summed E-state index contributed by atoms with van der Waals surface area (Å²) in [7, 11) is -0.907. The molecule has 0 saturated heterocycles. The van der Waals surface area contributed by atoms with Gasteiger partial charge in [-0.3, -0.25) is 0 Å². The molecule has 0 saturated carbocycles. The van der Waals surface area contributed by atoms with Gasteiger partial charge in [0.05, 0.1) is 14.0 Å². The first kappa shape index (κ1) is 11.3. The first-order valence-electron chi connectivity index (χ1n) is 3.42. The molecule has 0 aromatic rings. The van der Waals surface area contributed by atoms with Gasteiger partial charge in [0.15, 0.2) is 0 Å². The predicted molar refractivity (Wildman–Crippen MR) is 57.4 cm³/mol. The van der Waals surface area contributed by atoms with Crippen LogP contribution in [0.2, 0.25) is 18.3 Å². The molecule has 1 unspecified atom stereocenters. The summed E-state index contributed by atoms with van der Waals surface area (Å²) in [5.74, 6) is 0.770. The number of hydrogen-bond acceptors (Lipinski definition) is 0. The average Bonchev–Trinajstić information content (AvgIpc) is 1.81. The zero-order chi connectivity index (χ0) is 8.15. The maximum absolute atomic E-state index is 5.76. The van der Waals surface area contributed by atoms with Gasteiger partial charge < -0.3 is 0 Å².